The van der Waals surface area contributed by atoms with Crippen LogP contribution in [0.3, 0.4) is 0 Å². The van der Waals surface area contributed by atoms with E-state index < -0.39 is 33.7 Å². The molecule has 3 rings (SSSR count). The number of carbonyl (C=O) groups is 2. The molecule has 2 aromatic carbocycles. The van der Waals surface area contributed by atoms with Gasteiger partial charge in [0.2, 0.25) is 0 Å². The Hall–Kier alpha value is -3.29. The molecule has 146 valence electrons. The zero-order chi connectivity index (χ0) is 20.5. The molecule has 1 fully saturated rings. The Bertz CT molecular complexity index is 937. The monoisotopic (exact) mass is 386 g/mol. The molecule has 0 atom stereocenters. The Morgan fingerprint density at radius 2 is 1.79 bits per heavy atom. The number of carbonyl (C=O) groups excluding carboxylic acids is 1. The number of halogens is 1. The van der Waals surface area contributed by atoms with Gasteiger partial charge in [0.15, 0.2) is 0 Å². The van der Waals surface area contributed by atoms with E-state index in [2.05, 4.69) is 0 Å². The number of aliphatic carboxylic acids is 1. The zero-order valence-electron chi connectivity index (χ0n) is 15.2. The highest BCUT2D eigenvalue weighted by Gasteiger charge is 2.44. The molecule has 0 saturated carbocycles. The summed E-state index contributed by atoms with van der Waals surface area (Å²) in [4.78, 5) is 36.9. The molecule has 28 heavy (non-hydrogen) atoms. The van der Waals surface area contributed by atoms with Crippen molar-refractivity contribution in [3.63, 3.8) is 0 Å². The lowest BCUT2D eigenvalue weighted by atomic mass is 9.72. The largest absolute Gasteiger partial charge is 0.481 e. The quantitative estimate of drug-likeness (QED) is 0.642. The minimum Gasteiger partial charge on any atom is -0.481 e. The molecule has 2 aromatic rings. The first-order chi connectivity index (χ1) is 13.3. The van der Waals surface area contributed by atoms with Gasteiger partial charge in [-0.15, -0.1) is 0 Å². The van der Waals surface area contributed by atoms with Crippen LogP contribution in [0, 0.1) is 22.9 Å². The molecule has 1 aliphatic rings. The third kappa shape index (κ3) is 3.33. The maximum Gasteiger partial charge on any atom is 0.314 e. The Balaban J connectivity index is 1.89. The molecule has 0 spiro atoms. The molecule has 1 saturated heterocycles. The van der Waals surface area contributed by atoms with Crippen molar-refractivity contribution in [2.24, 2.45) is 0 Å². The predicted octanol–water partition coefficient (Wildman–Crippen LogP) is 3.30. The fourth-order valence-corrected chi connectivity index (χ4v) is 3.79. The summed E-state index contributed by atoms with van der Waals surface area (Å²) in [6, 6.07) is 10.7. The SMILES string of the molecule is Cc1cc(F)cc(C(=O)N2CCC(C(=O)O)(c3ccccc3)CC2)c1[N+](=O)[O-]. The van der Waals surface area contributed by atoms with Gasteiger partial charge >= 0.3 is 5.97 Å². The van der Waals surface area contributed by atoms with Gasteiger partial charge in [0.05, 0.1) is 10.3 Å². The third-order valence-corrected chi connectivity index (χ3v) is 5.32. The van der Waals surface area contributed by atoms with Crippen LogP contribution in [0.15, 0.2) is 42.5 Å². The lowest BCUT2D eigenvalue weighted by Crippen LogP contribution is -2.49. The predicted molar refractivity (Wildman–Crippen MR) is 98.7 cm³/mol. The smallest absolute Gasteiger partial charge is 0.314 e. The highest BCUT2D eigenvalue weighted by molar-refractivity contribution is 5.99. The number of aryl methyl sites for hydroxylation is 1. The van der Waals surface area contributed by atoms with Crippen molar-refractivity contribution in [1.82, 2.24) is 4.90 Å². The summed E-state index contributed by atoms with van der Waals surface area (Å²) in [5.74, 6) is -2.37. The van der Waals surface area contributed by atoms with E-state index in [1.54, 1.807) is 30.3 Å². The number of likely N-dealkylation sites (tertiary alicyclic amines) is 1. The summed E-state index contributed by atoms with van der Waals surface area (Å²) in [6.07, 6.45) is 0.334. The average molecular weight is 386 g/mol. The zero-order valence-corrected chi connectivity index (χ0v) is 15.2. The van der Waals surface area contributed by atoms with Crippen LogP contribution in [-0.4, -0.2) is 39.9 Å². The molecule has 0 radical (unpaired) electrons. The summed E-state index contributed by atoms with van der Waals surface area (Å²) in [5.41, 5.74) is -1.15. The summed E-state index contributed by atoms with van der Waals surface area (Å²) >= 11 is 0. The van der Waals surface area contributed by atoms with Gasteiger partial charge in [0, 0.05) is 18.7 Å². The van der Waals surface area contributed by atoms with E-state index in [0.29, 0.717) is 5.56 Å². The number of piperidine rings is 1. The van der Waals surface area contributed by atoms with E-state index in [0.717, 1.165) is 12.1 Å². The molecule has 0 unspecified atom stereocenters. The van der Waals surface area contributed by atoms with E-state index in [-0.39, 0.29) is 37.1 Å². The van der Waals surface area contributed by atoms with Crippen LogP contribution in [-0.2, 0) is 10.2 Å². The van der Waals surface area contributed by atoms with E-state index in [1.165, 1.54) is 11.8 Å². The van der Waals surface area contributed by atoms with Crippen LogP contribution >= 0.6 is 0 Å². The second-order valence-corrected chi connectivity index (χ2v) is 6.92. The number of nitrogens with zero attached hydrogens (tertiary/aromatic N) is 2. The van der Waals surface area contributed by atoms with Gasteiger partial charge in [-0.2, -0.15) is 0 Å². The number of hydrogen-bond acceptors (Lipinski definition) is 4. The topological polar surface area (TPSA) is 101 Å². The van der Waals surface area contributed by atoms with Crippen LogP contribution in [0.25, 0.3) is 0 Å². The molecule has 1 aliphatic heterocycles. The minimum atomic E-state index is -1.12. The fraction of sp³-hybridized carbons (Fsp3) is 0.300. The molecule has 7 nitrogen and oxygen atoms in total. The molecular weight excluding hydrogens is 367 g/mol. The van der Waals surface area contributed by atoms with Crippen LogP contribution in [0.4, 0.5) is 10.1 Å². The van der Waals surface area contributed by atoms with Crippen molar-refractivity contribution in [3.8, 4) is 0 Å². The molecule has 0 aromatic heterocycles. The highest BCUT2D eigenvalue weighted by atomic mass is 19.1. The van der Waals surface area contributed by atoms with Crippen LogP contribution in [0.1, 0.15) is 34.3 Å². The van der Waals surface area contributed by atoms with Crippen LogP contribution < -0.4 is 0 Å². The maximum absolute atomic E-state index is 13.8. The second-order valence-electron chi connectivity index (χ2n) is 6.92. The molecule has 0 bridgehead atoms. The Morgan fingerprint density at radius 1 is 1.18 bits per heavy atom. The fourth-order valence-electron chi connectivity index (χ4n) is 3.79. The third-order valence-electron chi connectivity index (χ3n) is 5.32. The van der Waals surface area contributed by atoms with Crippen LogP contribution in [0.5, 0.6) is 0 Å². The number of amides is 1. The Kier molecular flexibility index (Phi) is 5.13. The van der Waals surface area contributed by atoms with Gasteiger partial charge < -0.3 is 10.0 Å². The summed E-state index contributed by atoms with van der Waals surface area (Å²) in [6.45, 7) is 1.58. The molecule has 0 aliphatic carbocycles. The summed E-state index contributed by atoms with van der Waals surface area (Å²) in [5, 5.41) is 21.2. The first-order valence-corrected chi connectivity index (χ1v) is 8.79. The summed E-state index contributed by atoms with van der Waals surface area (Å²) in [7, 11) is 0. The lowest BCUT2D eigenvalue weighted by Gasteiger charge is -2.39. The first kappa shape index (κ1) is 19.5. The number of nitro groups is 1. The number of carboxylic acids is 1. The van der Waals surface area contributed by atoms with E-state index in [4.69, 9.17) is 0 Å². The molecular formula is C20H19FN2O5. The van der Waals surface area contributed by atoms with Crippen molar-refractivity contribution in [1.29, 1.82) is 0 Å². The van der Waals surface area contributed by atoms with Gasteiger partial charge in [-0.3, -0.25) is 19.7 Å². The minimum absolute atomic E-state index is 0.0644. The standard InChI is InChI=1S/C20H19FN2O5/c1-13-11-15(21)12-16(17(13)23(27)28)18(24)22-9-7-20(8-10-22,19(25)26)14-5-3-2-4-6-14/h2-6,11-12H,7-10H2,1H3,(H,25,26). The lowest BCUT2D eigenvalue weighted by molar-refractivity contribution is -0.385. The van der Waals surface area contributed by atoms with Gasteiger partial charge in [-0.25, -0.2) is 4.39 Å². The number of hydrogen-bond donors (Lipinski definition) is 1. The molecule has 1 N–H and O–H groups in total. The second kappa shape index (κ2) is 7.38. The highest BCUT2D eigenvalue weighted by Crippen LogP contribution is 2.37. The van der Waals surface area contributed by atoms with Crippen molar-refractivity contribution in [3.05, 3.63) is 75.1 Å². The number of nitro benzene ring substituents is 1. The Labute approximate surface area is 160 Å². The summed E-state index contributed by atoms with van der Waals surface area (Å²) < 4.78 is 13.8. The van der Waals surface area contributed by atoms with E-state index >= 15 is 0 Å². The molecule has 8 heteroatoms. The van der Waals surface area contributed by atoms with E-state index in [9.17, 15) is 29.2 Å². The maximum atomic E-state index is 13.8. The van der Waals surface area contributed by atoms with Crippen molar-refractivity contribution >= 4 is 17.6 Å². The van der Waals surface area contributed by atoms with Crippen LogP contribution in [0.2, 0.25) is 0 Å². The number of benzene rings is 2. The average Bonchev–Trinajstić information content (AvgIpc) is 2.67. The first-order valence-electron chi connectivity index (χ1n) is 8.79. The molecule has 1 amide bonds. The number of rotatable bonds is 4. The number of carboxylic acid groups (broad SMARTS) is 1. The van der Waals surface area contributed by atoms with Crippen molar-refractivity contribution in [2.45, 2.75) is 25.2 Å². The van der Waals surface area contributed by atoms with Gasteiger partial charge in [0.1, 0.15) is 11.4 Å². The van der Waals surface area contributed by atoms with Gasteiger partial charge in [0.25, 0.3) is 11.6 Å². The van der Waals surface area contributed by atoms with E-state index in [1.807, 2.05) is 0 Å². The normalized spacial score (nSPS) is 15.9. The van der Waals surface area contributed by atoms with Gasteiger partial charge in [-0.1, -0.05) is 30.3 Å². The molecule has 1 heterocycles. The van der Waals surface area contributed by atoms with Crippen molar-refractivity contribution < 1.29 is 24.0 Å². The van der Waals surface area contributed by atoms with Crippen molar-refractivity contribution in [2.75, 3.05) is 13.1 Å². The van der Waals surface area contributed by atoms with Gasteiger partial charge in [-0.05, 0) is 37.5 Å². The Morgan fingerprint density at radius 3 is 2.32 bits per heavy atom.